The van der Waals surface area contributed by atoms with Crippen LogP contribution in [0.1, 0.15) is 26.2 Å². The van der Waals surface area contributed by atoms with Crippen LogP contribution in [-0.2, 0) is 10.0 Å². The molecule has 8 heteroatoms. The van der Waals surface area contributed by atoms with Crippen molar-refractivity contribution in [3.63, 3.8) is 0 Å². The van der Waals surface area contributed by atoms with Gasteiger partial charge in [-0.15, -0.1) is 0 Å². The Bertz CT molecular complexity index is 645. The van der Waals surface area contributed by atoms with Crippen molar-refractivity contribution in [3.8, 4) is 0 Å². The maximum absolute atomic E-state index is 12.7. The Balaban J connectivity index is 2.43. The summed E-state index contributed by atoms with van der Waals surface area (Å²) < 4.78 is 26.9. The lowest BCUT2D eigenvalue weighted by Crippen LogP contribution is -2.35. The van der Waals surface area contributed by atoms with Gasteiger partial charge in [-0.3, -0.25) is 10.1 Å². The zero-order valence-corrected chi connectivity index (χ0v) is 12.9. The quantitative estimate of drug-likeness (QED) is 0.664. The second kappa shape index (κ2) is 5.98. The van der Waals surface area contributed by atoms with Gasteiger partial charge in [0.15, 0.2) is 0 Å². The van der Waals surface area contributed by atoms with Crippen LogP contribution >= 0.6 is 0 Å². The SMILES string of the molecule is CCC1CCCN1S(=O)(=O)c1ccc([N+](=O)[O-])c(NC)c1. The number of nitro groups is 1. The summed E-state index contributed by atoms with van der Waals surface area (Å²) in [5, 5.41) is 13.6. The van der Waals surface area contributed by atoms with E-state index in [1.54, 1.807) is 0 Å². The smallest absolute Gasteiger partial charge is 0.292 e. The Morgan fingerprint density at radius 1 is 1.48 bits per heavy atom. The first-order valence-electron chi connectivity index (χ1n) is 6.89. The van der Waals surface area contributed by atoms with Crippen LogP contribution in [0.4, 0.5) is 11.4 Å². The van der Waals surface area contributed by atoms with E-state index in [0.717, 1.165) is 19.3 Å². The predicted molar refractivity (Wildman–Crippen MR) is 79.8 cm³/mol. The van der Waals surface area contributed by atoms with Crippen molar-refractivity contribution in [2.45, 2.75) is 37.1 Å². The van der Waals surface area contributed by atoms with Crippen molar-refractivity contribution >= 4 is 21.4 Å². The molecule has 1 aromatic carbocycles. The van der Waals surface area contributed by atoms with Crippen molar-refractivity contribution in [3.05, 3.63) is 28.3 Å². The minimum Gasteiger partial charge on any atom is -0.383 e. The number of nitrogens with zero attached hydrogens (tertiary/aromatic N) is 2. The fourth-order valence-corrected chi connectivity index (χ4v) is 4.50. The second-order valence-electron chi connectivity index (χ2n) is 5.01. The molecule has 0 amide bonds. The van der Waals surface area contributed by atoms with Gasteiger partial charge in [-0.05, 0) is 31.4 Å². The van der Waals surface area contributed by atoms with Crippen LogP contribution in [0.3, 0.4) is 0 Å². The highest BCUT2D eigenvalue weighted by Gasteiger charge is 2.34. The number of anilines is 1. The molecule has 0 spiro atoms. The number of benzene rings is 1. The molecule has 1 atom stereocenters. The third-order valence-corrected chi connectivity index (χ3v) is 5.78. The van der Waals surface area contributed by atoms with Gasteiger partial charge in [0, 0.05) is 25.7 Å². The van der Waals surface area contributed by atoms with E-state index in [0.29, 0.717) is 6.54 Å². The summed E-state index contributed by atoms with van der Waals surface area (Å²) in [5.74, 6) is 0. The first-order chi connectivity index (χ1) is 9.91. The summed E-state index contributed by atoms with van der Waals surface area (Å²) >= 11 is 0. The van der Waals surface area contributed by atoms with Gasteiger partial charge in [-0.2, -0.15) is 4.31 Å². The summed E-state index contributed by atoms with van der Waals surface area (Å²) in [7, 11) is -2.07. The normalized spacial score (nSPS) is 19.6. The molecule has 1 saturated heterocycles. The van der Waals surface area contributed by atoms with Crippen molar-refractivity contribution in [2.24, 2.45) is 0 Å². The van der Waals surface area contributed by atoms with Crippen molar-refractivity contribution < 1.29 is 13.3 Å². The van der Waals surface area contributed by atoms with Gasteiger partial charge in [0.1, 0.15) is 5.69 Å². The van der Waals surface area contributed by atoms with Crippen LogP contribution in [0.2, 0.25) is 0 Å². The molecule has 2 rings (SSSR count). The predicted octanol–water partition coefficient (Wildman–Crippen LogP) is 2.20. The molecule has 1 aromatic rings. The molecule has 1 unspecified atom stereocenters. The molecule has 21 heavy (non-hydrogen) atoms. The lowest BCUT2D eigenvalue weighted by Gasteiger charge is -2.23. The van der Waals surface area contributed by atoms with E-state index in [9.17, 15) is 18.5 Å². The van der Waals surface area contributed by atoms with Crippen LogP contribution in [0.25, 0.3) is 0 Å². The van der Waals surface area contributed by atoms with Crippen LogP contribution in [0, 0.1) is 10.1 Å². The largest absolute Gasteiger partial charge is 0.383 e. The van der Waals surface area contributed by atoms with Crippen molar-refractivity contribution in [1.29, 1.82) is 0 Å². The van der Waals surface area contributed by atoms with Crippen LogP contribution in [0.5, 0.6) is 0 Å². The van der Waals surface area contributed by atoms with Gasteiger partial charge in [-0.1, -0.05) is 6.92 Å². The van der Waals surface area contributed by atoms with Gasteiger partial charge in [0.05, 0.1) is 9.82 Å². The Morgan fingerprint density at radius 3 is 2.76 bits per heavy atom. The number of hydrogen-bond acceptors (Lipinski definition) is 5. The molecule has 1 aliphatic heterocycles. The highest BCUT2D eigenvalue weighted by atomic mass is 32.2. The van der Waals surface area contributed by atoms with E-state index in [1.165, 1.54) is 29.6 Å². The summed E-state index contributed by atoms with van der Waals surface area (Å²) in [6, 6.07) is 3.89. The van der Waals surface area contributed by atoms with E-state index in [4.69, 9.17) is 0 Å². The molecule has 1 fully saturated rings. The third kappa shape index (κ3) is 2.86. The molecule has 116 valence electrons. The lowest BCUT2D eigenvalue weighted by molar-refractivity contribution is -0.384. The summed E-state index contributed by atoms with van der Waals surface area (Å²) in [5.41, 5.74) is 0.0678. The number of nitro benzene ring substituents is 1. The van der Waals surface area contributed by atoms with Crippen LogP contribution in [-0.4, -0.2) is 37.3 Å². The first kappa shape index (κ1) is 15.7. The fraction of sp³-hybridized carbons (Fsp3) is 0.538. The molecule has 1 heterocycles. The Labute approximate surface area is 124 Å². The van der Waals surface area contributed by atoms with Gasteiger partial charge in [0.25, 0.3) is 5.69 Å². The van der Waals surface area contributed by atoms with Gasteiger partial charge >= 0.3 is 0 Å². The Kier molecular flexibility index (Phi) is 4.48. The third-order valence-electron chi connectivity index (χ3n) is 3.84. The molecular formula is C13H19N3O4S. The number of nitrogens with one attached hydrogen (secondary N) is 1. The molecule has 7 nitrogen and oxygen atoms in total. The molecule has 0 radical (unpaired) electrons. The van der Waals surface area contributed by atoms with Gasteiger partial charge in [0.2, 0.25) is 10.0 Å². The zero-order valence-electron chi connectivity index (χ0n) is 12.1. The highest BCUT2D eigenvalue weighted by molar-refractivity contribution is 7.89. The van der Waals surface area contributed by atoms with E-state index >= 15 is 0 Å². The van der Waals surface area contributed by atoms with Crippen molar-refractivity contribution in [2.75, 3.05) is 18.9 Å². The van der Waals surface area contributed by atoms with Crippen molar-refractivity contribution in [1.82, 2.24) is 4.31 Å². The molecule has 0 bridgehead atoms. The molecule has 1 N–H and O–H groups in total. The molecule has 1 aliphatic rings. The van der Waals surface area contributed by atoms with E-state index in [-0.39, 0.29) is 22.3 Å². The van der Waals surface area contributed by atoms with E-state index in [1.807, 2.05) is 6.92 Å². The maximum atomic E-state index is 12.7. The summed E-state index contributed by atoms with van der Waals surface area (Å²) in [4.78, 5) is 10.5. The Hall–Kier alpha value is -1.67. The topological polar surface area (TPSA) is 92.5 Å². The number of rotatable bonds is 5. The van der Waals surface area contributed by atoms with Crippen LogP contribution < -0.4 is 5.32 Å². The average Bonchev–Trinajstić information content (AvgIpc) is 2.95. The standard InChI is InChI=1S/C13H19N3O4S/c1-3-10-5-4-8-15(10)21(19,20)11-6-7-13(16(17)18)12(9-11)14-2/h6-7,9-10,14H,3-5,8H2,1-2H3. The lowest BCUT2D eigenvalue weighted by atomic mass is 10.2. The van der Waals surface area contributed by atoms with E-state index < -0.39 is 14.9 Å². The first-order valence-corrected chi connectivity index (χ1v) is 8.33. The Morgan fingerprint density at radius 2 is 2.19 bits per heavy atom. The summed E-state index contributed by atoms with van der Waals surface area (Å²) in [6.07, 6.45) is 2.48. The highest BCUT2D eigenvalue weighted by Crippen LogP contribution is 2.32. The van der Waals surface area contributed by atoms with Crippen LogP contribution in [0.15, 0.2) is 23.1 Å². The van der Waals surface area contributed by atoms with Gasteiger partial charge < -0.3 is 5.32 Å². The summed E-state index contributed by atoms with van der Waals surface area (Å²) in [6.45, 7) is 2.47. The zero-order chi connectivity index (χ0) is 15.6. The number of sulfonamides is 1. The number of hydrogen-bond donors (Lipinski definition) is 1. The monoisotopic (exact) mass is 313 g/mol. The van der Waals surface area contributed by atoms with E-state index in [2.05, 4.69) is 5.32 Å². The molecule has 0 saturated carbocycles. The minimum atomic E-state index is -3.60. The molecule has 0 aliphatic carbocycles. The van der Waals surface area contributed by atoms with Gasteiger partial charge in [-0.25, -0.2) is 8.42 Å². The minimum absolute atomic E-state index is 0.0169. The maximum Gasteiger partial charge on any atom is 0.292 e. The molecular weight excluding hydrogens is 294 g/mol. The molecule has 0 aromatic heterocycles. The average molecular weight is 313 g/mol. The fourth-order valence-electron chi connectivity index (χ4n) is 2.70. The second-order valence-corrected chi connectivity index (χ2v) is 6.90.